The molecule has 1 aliphatic rings. The molecule has 5 heteroatoms. The van der Waals surface area contributed by atoms with E-state index in [1.165, 1.54) is 23.7 Å². The van der Waals surface area contributed by atoms with Gasteiger partial charge in [0.2, 0.25) is 5.91 Å². The Morgan fingerprint density at radius 1 is 1.47 bits per heavy atom. The average molecular weight is 247 g/mol. The van der Waals surface area contributed by atoms with E-state index in [1.807, 2.05) is 42.5 Å². The normalized spacial score (nSPS) is 19.7. The van der Waals surface area contributed by atoms with Gasteiger partial charge in [-0.3, -0.25) is 4.79 Å². The average Bonchev–Trinajstić information content (AvgIpc) is 2.69. The highest BCUT2D eigenvalue weighted by Crippen LogP contribution is 2.25. The lowest BCUT2D eigenvalue weighted by molar-refractivity contribution is -0.128. The fourth-order valence-corrected chi connectivity index (χ4v) is 2.32. The van der Waals surface area contributed by atoms with Crippen LogP contribution in [-0.4, -0.2) is 21.5 Å². The fourth-order valence-electron chi connectivity index (χ4n) is 1.49. The van der Waals surface area contributed by atoms with Gasteiger partial charge >= 0.3 is 0 Å². The van der Waals surface area contributed by atoms with E-state index >= 15 is 0 Å². The van der Waals surface area contributed by atoms with Crippen molar-refractivity contribution in [1.82, 2.24) is 5.01 Å². The van der Waals surface area contributed by atoms with Gasteiger partial charge < -0.3 is 5.73 Å². The van der Waals surface area contributed by atoms with Crippen LogP contribution in [0.4, 0.5) is 0 Å². The molecule has 0 aliphatic carbocycles. The molecule has 2 N–H and O–H groups in total. The second kappa shape index (κ2) is 5.05. The van der Waals surface area contributed by atoms with E-state index < -0.39 is 0 Å². The maximum absolute atomic E-state index is 11.3. The van der Waals surface area contributed by atoms with Gasteiger partial charge in [0.1, 0.15) is 5.37 Å². The molecule has 1 atom stereocenters. The number of nitrogens with two attached hydrogens (primary N) is 1. The summed E-state index contributed by atoms with van der Waals surface area (Å²) >= 11 is 1.37. The van der Waals surface area contributed by atoms with E-state index in [1.54, 1.807) is 0 Å². The standard InChI is InChI=1S/C12H13N3OS/c1-9(16)15-11(17-12(13)14-15)8-7-10-5-3-2-4-6-10/h2-8,11H,1H3,(H2,13,14)/b8-7+. The minimum Gasteiger partial charge on any atom is -0.377 e. The lowest BCUT2D eigenvalue weighted by atomic mass is 10.2. The van der Waals surface area contributed by atoms with E-state index in [0.29, 0.717) is 5.17 Å². The van der Waals surface area contributed by atoms with Crippen LogP contribution in [0, 0.1) is 0 Å². The van der Waals surface area contributed by atoms with Gasteiger partial charge in [-0.15, -0.1) is 5.10 Å². The Hall–Kier alpha value is -1.75. The Labute approximate surface area is 104 Å². The van der Waals surface area contributed by atoms with Gasteiger partial charge in [0.05, 0.1) is 0 Å². The fraction of sp³-hybridized carbons (Fsp3) is 0.167. The predicted octanol–water partition coefficient (Wildman–Crippen LogP) is 1.85. The number of hydrogen-bond acceptors (Lipinski definition) is 4. The van der Waals surface area contributed by atoms with Crippen LogP contribution in [-0.2, 0) is 4.79 Å². The van der Waals surface area contributed by atoms with Gasteiger partial charge in [0, 0.05) is 6.92 Å². The summed E-state index contributed by atoms with van der Waals surface area (Å²) in [5.41, 5.74) is 6.69. The van der Waals surface area contributed by atoms with Gasteiger partial charge in [-0.25, -0.2) is 5.01 Å². The van der Waals surface area contributed by atoms with Crippen molar-refractivity contribution in [2.24, 2.45) is 10.8 Å². The van der Waals surface area contributed by atoms with E-state index in [0.717, 1.165) is 5.56 Å². The number of carbonyl (C=O) groups is 1. The molecule has 1 aromatic carbocycles. The van der Waals surface area contributed by atoms with Crippen molar-refractivity contribution in [1.29, 1.82) is 0 Å². The Balaban J connectivity index is 2.10. The molecule has 2 rings (SSSR count). The first-order chi connectivity index (χ1) is 8.16. The number of amidine groups is 1. The quantitative estimate of drug-likeness (QED) is 0.867. The largest absolute Gasteiger partial charge is 0.377 e. The number of hydrazone groups is 1. The van der Waals surface area contributed by atoms with Crippen LogP contribution in [0.15, 0.2) is 41.5 Å². The first-order valence-electron chi connectivity index (χ1n) is 5.20. The number of amides is 1. The second-order valence-electron chi connectivity index (χ2n) is 3.58. The predicted molar refractivity (Wildman–Crippen MR) is 71.0 cm³/mol. The van der Waals surface area contributed by atoms with Gasteiger partial charge in [-0.1, -0.05) is 48.2 Å². The van der Waals surface area contributed by atoms with Crippen molar-refractivity contribution >= 4 is 28.9 Å². The number of nitrogens with zero attached hydrogens (tertiary/aromatic N) is 2. The Bertz CT molecular complexity index is 470. The molecule has 1 amide bonds. The maximum atomic E-state index is 11.3. The molecule has 1 unspecified atom stereocenters. The van der Waals surface area contributed by atoms with Crippen molar-refractivity contribution in [3.8, 4) is 0 Å². The third-order valence-electron chi connectivity index (χ3n) is 2.26. The zero-order chi connectivity index (χ0) is 12.3. The van der Waals surface area contributed by atoms with E-state index in [-0.39, 0.29) is 11.3 Å². The lowest BCUT2D eigenvalue weighted by Crippen LogP contribution is -2.27. The molecule has 1 aromatic rings. The Morgan fingerprint density at radius 3 is 2.82 bits per heavy atom. The third kappa shape index (κ3) is 2.88. The molecular formula is C12H13N3OS. The van der Waals surface area contributed by atoms with Crippen LogP contribution in [0.1, 0.15) is 12.5 Å². The molecule has 0 saturated heterocycles. The van der Waals surface area contributed by atoms with Crippen LogP contribution < -0.4 is 5.73 Å². The smallest absolute Gasteiger partial charge is 0.241 e. The summed E-state index contributed by atoms with van der Waals surface area (Å²) in [7, 11) is 0. The number of thioether (sulfide) groups is 1. The zero-order valence-corrected chi connectivity index (χ0v) is 10.2. The summed E-state index contributed by atoms with van der Waals surface area (Å²) in [5.74, 6) is -0.110. The summed E-state index contributed by atoms with van der Waals surface area (Å²) in [6, 6.07) is 9.89. The van der Waals surface area contributed by atoms with Crippen molar-refractivity contribution in [2.45, 2.75) is 12.3 Å². The molecule has 1 aliphatic heterocycles. The molecule has 4 nitrogen and oxygen atoms in total. The Kier molecular flexibility index (Phi) is 3.49. The van der Waals surface area contributed by atoms with Crippen LogP contribution in [0.3, 0.4) is 0 Å². The van der Waals surface area contributed by atoms with E-state index in [9.17, 15) is 4.79 Å². The first kappa shape index (κ1) is 11.7. The summed E-state index contributed by atoms with van der Waals surface area (Å²) in [5, 5.41) is 5.63. The van der Waals surface area contributed by atoms with Gasteiger partial charge in [-0.05, 0) is 11.6 Å². The minimum absolute atomic E-state index is 0.110. The van der Waals surface area contributed by atoms with Gasteiger partial charge in [0.15, 0.2) is 5.17 Å². The van der Waals surface area contributed by atoms with E-state index in [4.69, 9.17) is 5.73 Å². The number of rotatable bonds is 2. The van der Waals surface area contributed by atoms with Crippen molar-refractivity contribution in [2.75, 3.05) is 0 Å². The molecule has 0 radical (unpaired) electrons. The van der Waals surface area contributed by atoms with Crippen molar-refractivity contribution in [3.63, 3.8) is 0 Å². The zero-order valence-electron chi connectivity index (χ0n) is 9.41. The topological polar surface area (TPSA) is 58.7 Å². The number of hydrogen-bond donors (Lipinski definition) is 1. The maximum Gasteiger partial charge on any atom is 0.241 e. The van der Waals surface area contributed by atoms with Gasteiger partial charge in [-0.2, -0.15) is 0 Å². The van der Waals surface area contributed by atoms with Gasteiger partial charge in [0.25, 0.3) is 0 Å². The molecule has 0 spiro atoms. The highest BCUT2D eigenvalue weighted by atomic mass is 32.2. The summed E-state index contributed by atoms with van der Waals surface area (Å²) in [6.45, 7) is 1.48. The SMILES string of the molecule is CC(=O)N1N=C(N)SC1/C=C/c1ccccc1. The number of carbonyl (C=O) groups excluding carboxylic acids is 1. The molecule has 0 saturated carbocycles. The molecular weight excluding hydrogens is 234 g/mol. The second-order valence-corrected chi connectivity index (χ2v) is 4.72. The molecule has 17 heavy (non-hydrogen) atoms. The third-order valence-corrected chi connectivity index (χ3v) is 3.19. The molecule has 0 bridgehead atoms. The molecule has 1 heterocycles. The van der Waals surface area contributed by atoms with Crippen molar-refractivity contribution < 1.29 is 4.79 Å². The lowest BCUT2D eigenvalue weighted by Gasteiger charge is -2.14. The summed E-state index contributed by atoms with van der Waals surface area (Å²) in [4.78, 5) is 11.3. The van der Waals surface area contributed by atoms with Crippen LogP contribution in [0.25, 0.3) is 6.08 Å². The highest BCUT2D eigenvalue weighted by Gasteiger charge is 2.26. The summed E-state index contributed by atoms with van der Waals surface area (Å²) < 4.78 is 0. The van der Waals surface area contributed by atoms with Crippen molar-refractivity contribution in [3.05, 3.63) is 42.0 Å². The van der Waals surface area contributed by atoms with Crippen LogP contribution in [0.2, 0.25) is 0 Å². The highest BCUT2D eigenvalue weighted by molar-refractivity contribution is 8.14. The van der Waals surface area contributed by atoms with Crippen LogP contribution in [0.5, 0.6) is 0 Å². The van der Waals surface area contributed by atoms with Crippen LogP contribution >= 0.6 is 11.8 Å². The molecule has 88 valence electrons. The minimum atomic E-state index is -0.146. The monoisotopic (exact) mass is 247 g/mol. The summed E-state index contributed by atoms with van der Waals surface area (Å²) in [6.07, 6.45) is 3.88. The number of benzene rings is 1. The molecule has 0 aromatic heterocycles. The first-order valence-corrected chi connectivity index (χ1v) is 6.08. The van der Waals surface area contributed by atoms with E-state index in [2.05, 4.69) is 5.10 Å². The molecule has 0 fully saturated rings. The Morgan fingerprint density at radius 2 is 2.18 bits per heavy atom.